The fraction of sp³-hybridized carbons (Fsp3) is 0.583. The lowest BCUT2D eigenvalue weighted by atomic mass is 9.97. The second-order valence-electron chi connectivity index (χ2n) is 4.93. The molecule has 0 spiro atoms. The first-order valence-corrected chi connectivity index (χ1v) is 5.97. The molecule has 2 aliphatic rings. The molecule has 7 heteroatoms. The zero-order valence-corrected chi connectivity index (χ0v) is 10.8. The number of carbonyl (C=O) groups is 3. The third-order valence-electron chi connectivity index (χ3n) is 3.08. The fourth-order valence-corrected chi connectivity index (χ4v) is 2.16. The molecule has 2 aliphatic heterocycles. The Balaban J connectivity index is 2.17. The summed E-state index contributed by atoms with van der Waals surface area (Å²) < 4.78 is 10.0. The van der Waals surface area contributed by atoms with Crippen molar-refractivity contribution in [2.75, 3.05) is 13.1 Å². The van der Waals surface area contributed by atoms with Gasteiger partial charge in [-0.2, -0.15) is 0 Å². The number of carbonyl (C=O) groups excluding carboxylic acids is 2. The van der Waals surface area contributed by atoms with Gasteiger partial charge >= 0.3 is 18.0 Å². The van der Waals surface area contributed by atoms with Crippen LogP contribution in [0.2, 0.25) is 0 Å². The summed E-state index contributed by atoms with van der Waals surface area (Å²) in [4.78, 5) is 35.7. The van der Waals surface area contributed by atoms with Crippen LogP contribution in [-0.2, 0) is 19.1 Å². The monoisotopic (exact) mass is 269 g/mol. The first-order chi connectivity index (χ1) is 8.80. The maximum Gasteiger partial charge on any atom is 0.407 e. The third-order valence-corrected chi connectivity index (χ3v) is 3.08. The van der Waals surface area contributed by atoms with Crippen LogP contribution in [0.4, 0.5) is 4.79 Å². The molecule has 7 nitrogen and oxygen atoms in total. The van der Waals surface area contributed by atoms with Gasteiger partial charge in [-0.3, -0.25) is 0 Å². The Morgan fingerprint density at radius 1 is 1.16 bits per heavy atom. The van der Waals surface area contributed by atoms with Crippen molar-refractivity contribution in [2.45, 2.75) is 32.5 Å². The highest BCUT2D eigenvalue weighted by Gasteiger charge is 2.41. The van der Waals surface area contributed by atoms with E-state index in [-0.39, 0.29) is 18.7 Å². The van der Waals surface area contributed by atoms with E-state index >= 15 is 0 Å². The van der Waals surface area contributed by atoms with Crippen LogP contribution in [0.3, 0.4) is 0 Å². The molecule has 2 rings (SSSR count). The van der Waals surface area contributed by atoms with Crippen molar-refractivity contribution in [3.8, 4) is 0 Å². The number of likely N-dealkylation sites (tertiary alicyclic amines) is 1. The second kappa shape index (κ2) is 4.56. The molecule has 0 aromatic heterocycles. The predicted molar refractivity (Wildman–Crippen MR) is 62.1 cm³/mol. The van der Waals surface area contributed by atoms with E-state index < -0.39 is 23.8 Å². The number of amides is 1. The lowest BCUT2D eigenvalue weighted by molar-refractivity contribution is -0.222. The van der Waals surface area contributed by atoms with Crippen molar-refractivity contribution in [3.05, 3.63) is 11.1 Å². The number of piperidine rings is 1. The summed E-state index contributed by atoms with van der Waals surface area (Å²) >= 11 is 0. The van der Waals surface area contributed by atoms with E-state index in [2.05, 4.69) is 0 Å². The molecule has 104 valence electrons. The van der Waals surface area contributed by atoms with Gasteiger partial charge in [0.1, 0.15) is 5.57 Å². The molecular weight excluding hydrogens is 254 g/mol. The highest BCUT2D eigenvalue weighted by molar-refractivity contribution is 6.16. The Morgan fingerprint density at radius 2 is 1.63 bits per heavy atom. The first-order valence-electron chi connectivity index (χ1n) is 5.97. The summed E-state index contributed by atoms with van der Waals surface area (Å²) in [6.45, 7) is 3.49. The van der Waals surface area contributed by atoms with Gasteiger partial charge in [-0.1, -0.05) is 0 Å². The van der Waals surface area contributed by atoms with Crippen LogP contribution in [0, 0.1) is 0 Å². The minimum atomic E-state index is -1.25. The molecule has 2 heterocycles. The number of ether oxygens (including phenoxy) is 2. The number of nitrogens with zero attached hydrogens (tertiary/aromatic N) is 1. The highest BCUT2D eigenvalue weighted by Crippen LogP contribution is 2.28. The molecule has 0 aromatic carbocycles. The van der Waals surface area contributed by atoms with Crippen LogP contribution in [0.15, 0.2) is 11.1 Å². The van der Waals surface area contributed by atoms with E-state index in [1.165, 1.54) is 18.7 Å². The molecule has 0 unspecified atom stereocenters. The zero-order valence-electron chi connectivity index (χ0n) is 10.8. The number of esters is 2. The van der Waals surface area contributed by atoms with Gasteiger partial charge < -0.3 is 19.5 Å². The molecule has 2 fully saturated rings. The van der Waals surface area contributed by atoms with E-state index in [0.29, 0.717) is 18.4 Å². The average molecular weight is 269 g/mol. The van der Waals surface area contributed by atoms with Crippen molar-refractivity contribution in [1.82, 2.24) is 4.90 Å². The zero-order chi connectivity index (χ0) is 14.2. The molecule has 19 heavy (non-hydrogen) atoms. The van der Waals surface area contributed by atoms with Gasteiger partial charge in [0.2, 0.25) is 0 Å². The second-order valence-corrected chi connectivity index (χ2v) is 4.93. The number of hydrogen-bond acceptors (Lipinski definition) is 5. The summed E-state index contributed by atoms with van der Waals surface area (Å²) in [6, 6.07) is 0. The summed E-state index contributed by atoms with van der Waals surface area (Å²) in [7, 11) is 0. The topological polar surface area (TPSA) is 93.1 Å². The van der Waals surface area contributed by atoms with Crippen molar-refractivity contribution in [2.24, 2.45) is 0 Å². The number of hydrogen-bond donors (Lipinski definition) is 1. The minimum Gasteiger partial charge on any atom is -0.465 e. The lowest BCUT2D eigenvalue weighted by Crippen LogP contribution is -2.43. The van der Waals surface area contributed by atoms with Crippen LogP contribution >= 0.6 is 0 Å². The quantitative estimate of drug-likeness (QED) is 0.399. The molecule has 0 bridgehead atoms. The summed E-state index contributed by atoms with van der Waals surface area (Å²) in [5.74, 6) is -2.64. The Kier molecular flexibility index (Phi) is 3.21. The van der Waals surface area contributed by atoms with Gasteiger partial charge in [0, 0.05) is 26.9 Å². The largest absolute Gasteiger partial charge is 0.465 e. The molecule has 0 atom stereocenters. The minimum absolute atomic E-state index is 0.0793. The Morgan fingerprint density at radius 3 is 2.05 bits per heavy atom. The fourth-order valence-electron chi connectivity index (χ4n) is 2.16. The molecule has 0 aromatic rings. The molecule has 0 radical (unpaired) electrons. The predicted octanol–water partition coefficient (Wildman–Crippen LogP) is 0.893. The normalized spacial score (nSPS) is 22.9. The molecule has 1 amide bonds. The van der Waals surface area contributed by atoms with Crippen LogP contribution < -0.4 is 0 Å². The van der Waals surface area contributed by atoms with Crippen molar-refractivity contribution >= 4 is 18.0 Å². The summed E-state index contributed by atoms with van der Waals surface area (Å²) in [6.07, 6.45) is -0.322. The SMILES string of the molecule is CC1(C)OC(=O)C(=C2CCN(C(=O)O)CC2)C(=O)O1. The Labute approximate surface area is 109 Å². The Bertz CT molecular complexity index is 447. The van der Waals surface area contributed by atoms with E-state index in [9.17, 15) is 14.4 Å². The third kappa shape index (κ3) is 2.69. The standard InChI is InChI=1S/C12H15NO6/c1-12(2)18-9(14)8(10(15)19-12)7-3-5-13(6-4-7)11(16)17/h3-6H2,1-2H3,(H,16,17). The molecule has 2 saturated heterocycles. The number of carboxylic acid groups (broad SMARTS) is 1. The van der Waals surface area contributed by atoms with Gasteiger partial charge in [-0.25, -0.2) is 14.4 Å². The summed E-state index contributed by atoms with van der Waals surface area (Å²) in [5.41, 5.74) is 0.521. The highest BCUT2D eigenvalue weighted by atomic mass is 16.7. The summed E-state index contributed by atoms with van der Waals surface area (Å²) in [5, 5.41) is 8.83. The van der Waals surface area contributed by atoms with Gasteiger partial charge in [-0.05, 0) is 18.4 Å². The van der Waals surface area contributed by atoms with Crippen molar-refractivity contribution in [3.63, 3.8) is 0 Å². The van der Waals surface area contributed by atoms with E-state index in [1.807, 2.05) is 0 Å². The van der Waals surface area contributed by atoms with Crippen LogP contribution in [0.5, 0.6) is 0 Å². The van der Waals surface area contributed by atoms with Crippen molar-refractivity contribution < 1.29 is 29.0 Å². The average Bonchev–Trinajstić information content (AvgIpc) is 2.26. The Hall–Kier alpha value is -2.05. The van der Waals surface area contributed by atoms with Crippen LogP contribution in [0.25, 0.3) is 0 Å². The van der Waals surface area contributed by atoms with E-state index in [0.717, 1.165) is 0 Å². The molecule has 0 aliphatic carbocycles. The van der Waals surface area contributed by atoms with E-state index in [1.54, 1.807) is 0 Å². The van der Waals surface area contributed by atoms with Crippen LogP contribution in [0.1, 0.15) is 26.7 Å². The number of rotatable bonds is 0. The smallest absolute Gasteiger partial charge is 0.407 e. The van der Waals surface area contributed by atoms with Gasteiger partial charge in [-0.15, -0.1) is 0 Å². The maximum absolute atomic E-state index is 11.8. The van der Waals surface area contributed by atoms with E-state index in [4.69, 9.17) is 14.6 Å². The molecule has 1 N–H and O–H groups in total. The van der Waals surface area contributed by atoms with Crippen molar-refractivity contribution in [1.29, 1.82) is 0 Å². The van der Waals surface area contributed by atoms with Gasteiger partial charge in [0.15, 0.2) is 0 Å². The molecular formula is C12H15NO6. The molecule has 0 saturated carbocycles. The lowest BCUT2D eigenvalue weighted by Gasteiger charge is -2.32. The van der Waals surface area contributed by atoms with Crippen LogP contribution in [-0.4, -0.2) is 46.9 Å². The van der Waals surface area contributed by atoms with Gasteiger partial charge in [0.05, 0.1) is 0 Å². The first kappa shape index (κ1) is 13.4. The number of cyclic esters (lactones) is 2. The van der Waals surface area contributed by atoms with Gasteiger partial charge in [0.25, 0.3) is 5.79 Å². The maximum atomic E-state index is 11.8.